The van der Waals surface area contributed by atoms with Gasteiger partial charge in [0.05, 0.1) is 5.56 Å². The summed E-state index contributed by atoms with van der Waals surface area (Å²) in [6.07, 6.45) is 3.88. The number of aryl methyl sites for hydroxylation is 1. The van der Waals surface area contributed by atoms with Crippen molar-refractivity contribution in [2.75, 3.05) is 16.8 Å². The number of primary amides is 1. The number of carbonyl (C=O) groups excluding carboxylic acids is 2. The zero-order valence-corrected chi connectivity index (χ0v) is 15.5. The molecule has 0 spiro atoms. The Morgan fingerprint density at radius 2 is 2.08 bits per heavy atom. The molecule has 5 N–H and O–H groups in total. The maximum Gasteiger partial charge on any atom is 0.251 e. The maximum atomic E-state index is 12.5. The molecule has 10 heteroatoms. The molecule has 8 nitrogen and oxygen atoms in total. The highest BCUT2D eigenvalue weighted by Crippen LogP contribution is 2.37. The molecule has 0 unspecified atom stereocenters. The van der Waals surface area contributed by atoms with Gasteiger partial charge < -0.3 is 16.8 Å². The summed E-state index contributed by atoms with van der Waals surface area (Å²) in [5.41, 5.74) is 12.8. The number of carbonyl (C=O) groups is 2. The van der Waals surface area contributed by atoms with Crippen molar-refractivity contribution in [2.24, 2.45) is 5.73 Å². The van der Waals surface area contributed by atoms with Gasteiger partial charge >= 0.3 is 0 Å². The van der Waals surface area contributed by atoms with Crippen LogP contribution in [0, 0.1) is 0 Å². The van der Waals surface area contributed by atoms with E-state index in [9.17, 15) is 9.59 Å². The van der Waals surface area contributed by atoms with Crippen molar-refractivity contribution in [3.63, 3.8) is 0 Å². The van der Waals surface area contributed by atoms with Crippen LogP contribution in [-0.4, -0.2) is 32.3 Å². The molecule has 1 aliphatic carbocycles. The smallest absolute Gasteiger partial charge is 0.251 e. The molecular weight excluding hydrogens is 360 g/mol. The largest absolute Gasteiger partial charge is 0.368 e. The molecular formula is C15H20N6O2S2. The fourth-order valence-electron chi connectivity index (χ4n) is 2.91. The van der Waals surface area contributed by atoms with E-state index in [2.05, 4.69) is 15.5 Å². The van der Waals surface area contributed by atoms with Crippen LogP contribution in [0.1, 0.15) is 40.6 Å². The van der Waals surface area contributed by atoms with Crippen LogP contribution in [-0.2, 0) is 24.2 Å². The highest BCUT2D eigenvalue weighted by atomic mass is 32.2. The van der Waals surface area contributed by atoms with Crippen molar-refractivity contribution in [1.82, 2.24) is 14.8 Å². The van der Waals surface area contributed by atoms with E-state index in [1.54, 1.807) is 4.57 Å². The number of hydrogen-bond acceptors (Lipinski definition) is 7. The highest BCUT2D eigenvalue weighted by molar-refractivity contribution is 7.99. The third-order valence-electron chi connectivity index (χ3n) is 3.99. The third kappa shape index (κ3) is 3.64. The van der Waals surface area contributed by atoms with E-state index < -0.39 is 5.91 Å². The fourth-order valence-corrected chi connectivity index (χ4v) is 4.89. The number of hydrogen-bond donors (Lipinski definition) is 3. The Labute approximate surface area is 153 Å². The Kier molecular flexibility index (Phi) is 5.28. The van der Waals surface area contributed by atoms with Crippen LogP contribution in [0.3, 0.4) is 0 Å². The van der Waals surface area contributed by atoms with Crippen LogP contribution >= 0.6 is 23.1 Å². The molecule has 0 saturated heterocycles. The molecule has 0 atom stereocenters. The normalized spacial score (nSPS) is 13.5. The molecule has 0 saturated carbocycles. The number of thioether (sulfide) groups is 1. The summed E-state index contributed by atoms with van der Waals surface area (Å²) < 4.78 is 1.56. The number of nitrogens with zero attached hydrogens (tertiary/aromatic N) is 3. The molecule has 2 aromatic rings. The van der Waals surface area contributed by atoms with Gasteiger partial charge in [0.25, 0.3) is 5.91 Å². The second-order valence-electron chi connectivity index (χ2n) is 5.69. The van der Waals surface area contributed by atoms with Gasteiger partial charge in [-0.15, -0.1) is 21.5 Å². The number of nitrogens with one attached hydrogen (secondary N) is 1. The summed E-state index contributed by atoms with van der Waals surface area (Å²) >= 11 is 2.90. The summed E-state index contributed by atoms with van der Waals surface area (Å²) in [7, 11) is 0. The fraction of sp³-hybridized carbons (Fsp3) is 0.467. The van der Waals surface area contributed by atoms with Gasteiger partial charge in [-0.05, 0) is 37.0 Å². The summed E-state index contributed by atoms with van der Waals surface area (Å²) in [5.74, 6) is 0.196. The second kappa shape index (κ2) is 7.44. The van der Waals surface area contributed by atoms with Gasteiger partial charge in [-0.3, -0.25) is 14.2 Å². The van der Waals surface area contributed by atoms with Crippen molar-refractivity contribution in [3.05, 3.63) is 16.0 Å². The predicted octanol–water partition coefficient (Wildman–Crippen LogP) is 1.65. The van der Waals surface area contributed by atoms with Crippen LogP contribution < -0.4 is 16.8 Å². The van der Waals surface area contributed by atoms with Gasteiger partial charge in [0, 0.05) is 4.88 Å². The molecule has 134 valence electrons. The monoisotopic (exact) mass is 380 g/mol. The average molecular weight is 380 g/mol. The lowest BCUT2D eigenvalue weighted by Crippen LogP contribution is -2.22. The van der Waals surface area contributed by atoms with Gasteiger partial charge in [-0.1, -0.05) is 18.7 Å². The SMILES string of the molecule is CCSc1nnc(N)n1CC(=O)Nc1sc2c(c1C(N)=O)CCCC2. The van der Waals surface area contributed by atoms with Gasteiger partial charge in [0.2, 0.25) is 11.9 Å². The molecule has 0 radical (unpaired) electrons. The van der Waals surface area contributed by atoms with Crippen LogP contribution in [0.5, 0.6) is 0 Å². The third-order valence-corrected chi connectivity index (χ3v) is 6.05. The first-order chi connectivity index (χ1) is 12.0. The number of nitrogens with two attached hydrogens (primary N) is 2. The molecule has 2 heterocycles. The Hall–Kier alpha value is -2.07. The zero-order chi connectivity index (χ0) is 18.0. The number of anilines is 2. The van der Waals surface area contributed by atoms with E-state index >= 15 is 0 Å². The Morgan fingerprint density at radius 1 is 1.32 bits per heavy atom. The van der Waals surface area contributed by atoms with Gasteiger partial charge in [0.1, 0.15) is 11.5 Å². The molecule has 3 rings (SSSR count). The van der Waals surface area contributed by atoms with E-state index in [1.807, 2.05) is 6.92 Å². The molecule has 1 aliphatic rings. The zero-order valence-electron chi connectivity index (χ0n) is 13.9. The van der Waals surface area contributed by atoms with Crippen LogP contribution in [0.4, 0.5) is 10.9 Å². The Bertz CT molecular complexity index is 813. The van der Waals surface area contributed by atoms with E-state index in [-0.39, 0.29) is 18.4 Å². The summed E-state index contributed by atoms with van der Waals surface area (Å²) in [4.78, 5) is 25.5. The molecule has 2 amide bonds. The number of thiophene rings is 1. The minimum atomic E-state index is -0.499. The molecule has 0 bridgehead atoms. The number of rotatable bonds is 6. The predicted molar refractivity (Wildman–Crippen MR) is 98.9 cm³/mol. The summed E-state index contributed by atoms with van der Waals surface area (Å²) in [6, 6.07) is 0. The van der Waals surface area contributed by atoms with Crippen molar-refractivity contribution in [2.45, 2.75) is 44.3 Å². The number of aromatic nitrogens is 3. The first kappa shape index (κ1) is 17.7. The highest BCUT2D eigenvalue weighted by Gasteiger charge is 2.25. The standard InChI is InChI=1S/C15H20N6O2S2/c1-2-24-15-20-19-14(17)21(15)7-10(22)18-13-11(12(16)23)8-5-3-4-6-9(8)25-13/h2-7H2,1H3,(H2,16,23)(H2,17,19)(H,18,22). The molecule has 25 heavy (non-hydrogen) atoms. The van der Waals surface area contributed by atoms with Crippen molar-refractivity contribution >= 4 is 45.9 Å². The van der Waals surface area contributed by atoms with E-state index in [0.29, 0.717) is 15.7 Å². The topological polar surface area (TPSA) is 129 Å². The molecule has 0 aromatic carbocycles. The van der Waals surface area contributed by atoms with Crippen molar-refractivity contribution < 1.29 is 9.59 Å². The van der Waals surface area contributed by atoms with Crippen LogP contribution in [0.2, 0.25) is 0 Å². The second-order valence-corrected chi connectivity index (χ2v) is 8.02. The van der Waals surface area contributed by atoms with Crippen molar-refractivity contribution in [1.29, 1.82) is 0 Å². The Morgan fingerprint density at radius 3 is 2.80 bits per heavy atom. The maximum absolute atomic E-state index is 12.5. The molecule has 0 aliphatic heterocycles. The van der Waals surface area contributed by atoms with Gasteiger partial charge in [-0.25, -0.2) is 0 Å². The minimum Gasteiger partial charge on any atom is -0.368 e. The van der Waals surface area contributed by atoms with E-state index in [1.165, 1.54) is 23.1 Å². The van der Waals surface area contributed by atoms with Crippen LogP contribution in [0.25, 0.3) is 0 Å². The lowest BCUT2D eigenvalue weighted by molar-refractivity contribution is -0.116. The van der Waals surface area contributed by atoms with E-state index in [4.69, 9.17) is 11.5 Å². The quantitative estimate of drug-likeness (QED) is 0.654. The van der Waals surface area contributed by atoms with E-state index in [0.717, 1.165) is 41.9 Å². The van der Waals surface area contributed by atoms with Crippen molar-refractivity contribution in [3.8, 4) is 0 Å². The summed E-state index contributed by atoms with van der Waals surface area (Å²) in [6.45, 7) is 1.97. The first-order valence-electron chi connectivity index (χ1n) is 8.07. The molecule has 2 aromatic heterocycles. The lowest BCUT2D eigenvalue weighted by Gasteiger charge is -2.11. The average Bonchev–Trinajstić information content (AvgIpc) is 3.09. The number of nitrogen functional groups attached to an aromatic ring is 1. The molecule has 0 fully saturated rings. The number of amides is 2. The lowest BCUT2D eigenvalue weighted by atomic mass is 9.95. The minimum absolute atomic E-state index is 0.0120. The summed E-state index contributed by atoms with van der Waals surface area (Å²) in [5, 5.41) is 11.7. The van der Waals surface area contributed by atoms with Gasteiger partial charge in [0.15, 0.2) is 5.16 Å². The first-order valence-corrected chi connectivity index (χ1v) is 9.87. The van der Waals surface area contributed by atoms with Gasteiger partial charge in [-0.2, -0.15) is 0 Å². The number of fused-ring (bicyclic) bond motifs is 1. The Balaban J connectivity index is 1.81. The van der Waals surface area contributed by atoms with Crippen LogP contribution in [0.15, 0.2) is 5.16 Å².